The van der Waals surface area contributed by atoms with E-state index in [1.807, 2.05) is 12.1 Å². The maximum Gasteiger partial charge on any atom is 0.212 e. The highest BCUT2D eigenvalue weighted by atomic mass is 32.2. The number of thioether (sulfide) groups is 1. The summed E-state index contributed by atoms with van der Waals surface area (Å²) < 4.78 is 25.6. The van der Waals surface area contributed by atoms with Crippen LogP contribution in [0.3, 0.4) is 0 Å². The van der Waals surface area contributed by atoms with Crippen molar-refractivity contribution in [2.75, 3.05) is 23.8 Å². The number of hydrogen-bond donors (Lipinski definition) is 3. The molecule has 0 fully saturated rings. The number of nitrogens with one attached hydrogen (secondary N) is 1. The molecule has 0 saturated carbocycles. The Morgan fingerprint density at radius 3 is 2.83 bits per heavy atom. The average Bonchev–Trinajstić information content (AvgIpc) is 2.28. The molecule has 7 heteroatoms. The minimum atomic E-state index is -3.34. The van der Waals surface area contributed by atoms with Crippen LogP contribution in [0.25, 0.3) is 0 Å². The molecule has 0 aliphatic rings. The quantitative estimate of drug-likeness (QED) is 0.507. The van der Waals surface area contributed by atoms with Gasteiger partial charge in [-0.1, -0.05) is 6.07 Å². The van der Waals surface area contributed by atoms with Gasteiger partial charge in [-0.25, -0.2) is 13.1 Å². The van der Waals surface area contributed by atoms with Gasteiger partial charge in [0.1, 0.15) is 0 Å². The standard InChI is InChI=1S/C11H18N2O3S2/c1-9(8-14)13-18(15,16)6-5-17-11-4-2-3-10(12)7-11/h2-4,7,9,13-14H,5-6,8,12H2,1H3. The second kappa shape index (κ2) is 6.98. The molecule has 102 valence electrons. The van der Waals surface area contributed by atoms with Crippen molar-refractivity contribution in [1.29, 1.82) is 0 Å². The molecule has 1 unspecified atom stereocenters. The monoisotopic (exact) mass is 290 g/mol. The Labute approximate surface area is 112 Å². The van der Waals surface area contributed by atoms with Gasteiger partial charge in [0, 0.05) is 22.4 Å². The molecule has 0 saturated heterocycles. The van der Waals surface area contributed by atoms with E-state index in [-0.39, 0.29) is 12.4 Å². The first kappa shape index (κ1) is 15.3. The van der Waals surface area contributed by atoms with Crippen LogP contribution in [0.15, 0.2) is 29.2 Å². The molecule has 0 aliphatic heterocycles. The highest BCUT2D eigenvalue weighted by Crippen LogP contribution is 2.20. The maximum atomic E-state index is 11.6. The Hall–Kier alpha value is -0.760. The van der Waals surface area contributed by atoms with Crippen LogP contribution >= 0.6 is 11.8 Å². The van der Waals surface area contributed by atoms with Crippen LogP contribution in [-0.2, 0) is 10.0 Å². The topological polar surface area (TPSA) is 92.4 Å². The number of sulfonamides is 1. The lowest BCUT2D eigenvalue weighted by atomic mass is 10.3. The summed E-state index contributed by atoms with van der Waals surface area (Å²) in [5.41, 5.74) is 6.29. The van der Waals surface area contributed by atoms with Crippen LogP contribution in [0.2, 0.25) is 0 Å². The summed E-state index contributed by atoms with van der Waals surface area (Å²) in [6.07, 6.45) is 0. The Morgan fingerprint density at radius 1 is 1.50 bits per heavy atom. The van der Waals surface area contributed by atoms with Crippen molar-refractivity contribution in [3.63, 3.8) is 0 Å². The number of nitrogens with two attached hydrogens (primary N) is 1. The minimum absolute atomic E-state index is 0.0107. The zero-order valence-corrected chi connectivity index (χ0v) is 11.8. The lowest BCUT2D eigenvalue weighted by Gasteiger charge is -2.11. The fourth-order valence-electron chi connectivity index (χ4n) is 1.28. The van der Waals surface area contributed by atoms with Crippen molar-refractivity contribution in [1.82, 2.24) is 4.72 Å². The van der Waals surface area contributed by atoms with Gasteiger partial charge in [0.25, 0.3) is 0 Å². The van der Waals surface area contributed by atoms with Crippen molar-refractivity contribution in [2.45, 2.75) is 17.9 Å². The lowest BCUT2D eigenvalue weighted by Crippen LogP contribution is -2.37. The van der Waals surface area contributed by atoms with E-state index in [2.05, 4.69) is 4.72 Å². The molecule has 4 N–H and O–H groups in total. The van der Waals surface area contributed by atoms with E-state index >= 15 is 0 Å². The Kier molecular flexibility index (Phi) is 5.94. The zero-order chi connectivity index (χ0) is 13.6. The van der Waals surface area contributed by atoms with E-state index in [0.717, 1.165) is 4.90 Å². The van der Waals surface area contributed by atoms with Gasteiger partial charge >= 0.3 is 0 Å². The summed E-state index contributed by atoms with van der Waals surface area (Å²) >= 11 is 1.43. The molecule has 5 nitrogen and oxygen atoms in total. The number of aliphatic hydroxyl groups excluding tert-OH is 1. The first-order chi connectivity index (χ1) is 8.43. The van der Waals surface area contributed by atoms with Crippen molar-refractivity contribution in [3.8, 4) is 0 Å². The van der Waals surface area contributed by atoms with Gasteiger partial charge in [-0.15, -0.1) is 11.8 Å². The second-order valence-corrected chi connectivity index (χ2v) is 6.98. The first-order valence-electron chi connectivity index (χ1n) is 5.52. The van der Waals surface area contributed by atoms with Crippen LogP contribution in [0, 0.1) is 0 Å². The maximum absolute atomic E-state index is 11.6. The van der Waals surface area contributed by atoms with Crippen molar-refractivity contribution in [3.05, 3.63) is 24.3 Å². The van der Waals surface area contributed by atoms with Gasteiger partial charge in [-0.05, 0) is 25.1 Å². The number of hydrogen-bond acceptors (Lipinski definition) is 5. The molecular formula is C11H18N2O3S2. The molecule has 0 heterocycles. The van der Waals surface area contributed by atoms with Crippen LogP contribution in [-0.4, -0.2) is 37.7 Å². The number of benzene rings is 1. The Balaban J connectivity index is 2.42. The molecule has 0 aliphatic carbocycles. The summed E-state index contributed by atoms with van der Waals surface area (Å²) in [6, 6.07) is 6.86. The van der Waals surface area contributed by atoms with Crippen molar-refractivity contribution < 1.29 is 13.5 Å². The van der Waals surface area contributed by atoms with E-state index in [4.69, 9.17) is 10.8 Å². The SMILES string of the molecule is CC(CO)NS(=O)(=O)CCSc1cccc(N)c1. The third-order valence-electron chi connectivity index (χ3n) is 2.13. The van der Waals surface area contributed by atoms with Crippen LogP contribution in [0.5, 0.6) is 0 Å². The van der Waals surface area contributed by atoms with Crippen LogP contribution < -0.4 is 10.5 Å². The molecular weight excluding hydrogens is 272 g/mol. The summed E-state index contributed by atoms with van der Waals surface area (Å²) in [7, 11) is -3.34. The van der Waals surface area contributed by atoms with Crippen molar-refractivity contribution >= 4 is 27.5 Å². The zero-order valence-electron chi connectivity index (χ0n) is 10.2. The summed E-state index contributed by atoms with van der Waals surface area (Å²) in [5, 5.41) is 8.79. The minimum Gasteiger partial charge on any atom is -0.399 e. The molecule has 1 atom stereocenters. The molecule has 1 rings (SSSR count). The van der Waals surface area contributed by atoms with E-state index in [1.54, 1.807) is 19.1 Å². The third kappa shape index (κ3) is 5.72. The summed E-state index contributed by atoms with van der Waals surface area (Å²) in [5.74, 6) is 0.452. The van der Waals surface area contributed by atoms with Crippen LogP contribution in [0.1, 0.15) is 6.92 Å². The fraction of sp³-hybridized carbons (Fsp3) is 0.455. The van der Waals surface area contributed by atoms with Gasteiger partial charge in [0.15, 0.2) is 0 Å². The predicted molar refractivity (Wildman–Crippen MR) is 75.0 cm³/mol. The van der Waals surface area contributed by atoms with E-state index in [1.165, 1.54) is 11.8 Å². The third-order valence-corrected chi connectivity index (χ3v) is 4.89. The molecule has 18 heavy (non-hydrogen) atoms. The van der Waals surface area contributed by atoms with Gasteiger partial charge in [0.2, 0.25) is 10.0 Å². The van der Waals surface area contributed by atoms with E-state index in [9.17, 15) is 8.42 Å². The number of anilines is 1. The van der Waals surface area contributed by atoms with E-state index < -0.39 is 16.1 Å². The predicted octanol–water partition coefficient (Wildman–Crippen LogP) is 0.661. The molecule has 0 aromatic heterocycles. The second-order valence-electron chi connectivity index (χ2n) is 3.94. The van der Waals surface area contributed by atoms with Crippen molar-refractivity contribution in [2.24, 2.45) is 0 Å². The molecule has 0 amide bonds. The molecule has 0 radical (unpaired) electrons. The number of nitrogen functional groups attached to an aromatic ring is 1. The van der Waals surface area contributed by atoms with Gasteiger partial charge < -0.3 is 10.8 Å². The molecule has 0 bridgehead atoms. The number of rotatable bonds is 7. The smallest absolute Gasteiger partial charge is 0.212 e. The van der Waals surface area contributed by atoms with Gasteiger partial charge in [-0.2, -0.15) is 0 Å². The molecule has 1 aromatic rings. The highest BCUT2D eigenvalue weighted by Gasteiger charge is 2.13. The fourth-order valence-corrected chi connectivity index (χ4v) is 3.92. The van der Waals surface area contributed by atoms with Gasteiger partial charge in [0.05, 0.1) is 12.4 Å². The summed E-state index contributed by atoms with van der Waals surface area (Å²) in [4.78, 5) is 0.945. The Morgan fingerprint density at radius 2 is 2.22 bits per heavy atom. The Bertz CT molecular complexity index is 477. The summed E-state index contributed by atoms with van der Waals surface area (Å²) in [6.45, 7) is 1.41. The highest BCUT2D eigenvalue weighted by molar-refractivity contribution is 8.00. The largest absolute Gasteiger partial charge is 0.399 e. The molecule has 0 spiro atoms. The van der Waals surface area contributed by atoms with Crippen LogP contribution in [0.4, 0.5) is 5.69 Å². The molecule has 1 aromatic carbocycles. The number of aliphatic hydroxyl groups is 1. The van der Waals surface area contributed by atoms with E-state index in [0.29, 0.717) is 11.4 Å². The normalized spacial score (nSPS) is 13.4. The first-order valence-corrected chi connectivity index (χ1v) is 8.16. The van der Waals surface area contributed by atoms with Gasteiger partial charge in [-0.3, -0.25) is 0 Å². The average molecular weight is 290 g/mol. The lowest BCUT2D eigenvalue weighted by molar-refractivity contribution is 0.265.